The molecule has 0 fully saturated rings. The van der Waals surface area contributed by atoms with E-state index in [-0.39, 0.29) is 5.54 Å². The number of hydrogen-bond donors (Lipinski definition) is 2. The first-order valence-corrected chi connectivity index (χ1v) is 5.53. The smallest absolute Gasteiger partial charge is 0.185 e. The van der Waals surface area contributed by atoms with Gasteiger partial charge in [0.2, 0.25) is 0 Å². The van der Waals surface area contributed by atoms with Crippen molar-refractivity contribution in [1.29, 1.82) is 0 Å². The molecular formula is C10H16N2OS. The third kappa shape index (κ3) is 1.26. The molecule has 78 valence electrons. The van der Waals surface area contributed by atoms with Gasteiger partial charge in [-0.05, 0) is 33.9 Å². The summed E-state index contributed by atoms with van der Waals surface area (Å²) >= 11 is 1.70. The first-order valence-electron chi connectivity index (χ1n) is 4.71. The largest absolute Gasteiger partial charge is 0.361 e. The number of nitrogens with one attached hydrogen (secondary N) is 1. The summed E-state index contributed by atoms with van der Waals surface area (Å²) in [6, 6.07) is 2.19. The fourth-order valence-electron chi connectivity index (χ4n) is 1.79. The van der Waals surface area contributed by atoms with Crippen LogP contribution in [0.1, 0.15) is 24.3 Å². The van der Waals surface area contributed by atoms with Gasteiger partial charge in [-0.1, -0.05) is 0 Å². The fourth-order valence-corrected chi connectivity index (χ4v) is 2.87. The van der Waals surface area contributed by atoms with E-state index in [0.29, 0.717) is 0 Å². The Labute approximate surface area is 88.4 Å². The maximum absolute atomic E-state index is 9.79. The van der Waals surface area contributed by atoms with Crippen molar-refractivity contribution in [3.8, 4) is 0 Å². The van der Waals surface area contributed by atoms with E-state index in [4.69, 9.17) is 0 Å². The minimum absolute atomic E-state index is 0.106. The van der Waals surface area contributed by atoms with Crippen LogP contribution in [0.4, 0.5) is 5.00 Å². The lowest BCUT2D eigenvalue weighted by Crippen LogP contribution is -2.52. The Morgan fingerprint density at radius 3 is 2.86 bits per heavy atom. The van der Waals surface area contributed by atoms with E-state index in [1.807, 2.05) is 11.9 Å². The van der Waals surface area contributed by atoms with Crippen LogP contribution in [-0.2, 0) is 5.54 Å². The highest BCUT2D eigenvalue weighted by Gasteiger charge is 2.37. The van der Waals surface area contributed by atoms with Crippen molar-refractivity contribution < 1.29 is 5.11 Å². The number of hydrogen-bond acceptors (Lipinski definition) is 4. The minimum Gasteiger partial charge on any atom is -0.361 e. The lowest BCUT2D eigenvalue weighted by molar-refractivity contribution is -0.0279. The molecule has 2 heterocycles. The summed E-state index contributed by atoms with van der Waals surface area (Å²) in [6.45, 7) is 6.34. The molecule has 2 rings (SSSR count). The molecule has 0 radical (unpaired) electrons. The molecule has 2 N–H and O–H groups in total. The van der Waals surface area contributed by atoms with E-state index in [2.05, 4.69) is 32.2 Å². The third-order valence-corrected chi connectivity index (χ3v) is 4.00. The van der Waals surface area contributed by atoms with E-state index in [1.54, 1.807) is 11.3 Å². The number of rotatable bonds is 0. The second-order valence-electron chi connectivity index (χ2n) is 4.29. The molecule has 4 heteroatoms. The molecule has 1 aromatic heterocycles. The Morgan fingerprint density at radius 2 is 2.21 bits per heavy atom. The fraction of sp³-hybridized carbons (Fsp3) is 0.600. The predicted molar refractivity (Wildman–Crippen MR) is 59.5 cm³/mol. The van der Waals surface area contributed by atoms with Crippen LogP contribution in [0.2, 0.25) is 0 Å². The van der Waals surface area contributed by atoms with Crippen LogP contribution in [0.25, 0.3) is 0 Å². The number of nitrogens with zero attached hydrogens (tertiary/aromatic N) is 1. The van der Waals surface area contributed by atoms with Gasteiger partial charge in [0.05, 0.1) is 5.00 Å². The van der Waals surface area contributed by atoms with Crippen LogP contribution in [0.3, 0.4) is 0 Å². The van der Waals surface area contributed by atoms with Crippen LogP contribution in [0.15, 0.2) is 6.07 Å². The van der Waals surface area contributed by atoms with Crippen molar-refractivity contribution in [3.05, 3.63) is 16.5 Å². The maximum atomic E-state index is 9.79. The monoisotopic (exact) mass is 212 g/mol. The molecule has 0 aromatic carbocycles. The summed E-state index contributed by atoms with van der Waals surface area (Å²) in [5, 5.41) is 14.0. The summed E-state index contributed by atoms with van der Waals surface area (Å²) in [5.41, 5.74) is 1.16. The van der Waals surface area contributed by atoms with Crippen molar-refractivity contribution in [2.75, 3.05) is 12.4 Å². The molecular weight excluding hydrogens is 196 g/mol. The van der Waals surface area contributed by atoms with E-state index < -0.39 is 6.35 Å². The summed E-state index contributed by atoms with van der Waals surface area (Å²) in [6.07, 6.45) is -0.587. The van der Waals surface area contributed by atoms with Gasteiger partial charge in [0.25, 0.3) is 0 Å². The molecule has 1 unspecified atom stereocenters. The molecule has 0 spiro atoms. The van der Waals surface area contributed by atoms with Gasteiger partial charge in [-0.2, -0.15) is 0 Å². The quantitative estimate of drug-likeness (QED) is 0.689. The Bertz CT molecular complexity index is 359. The molecule has 1 atom stereocenters. The van der Waals surface area contributed by atoms with Crippen LogP contribution in [0, 0.1) is 6.92 Å². The van der Waals surface area contributed by atoms with Gasteiger partial charge in [-0.25, -0.2) is 0 Å². The predicted octanol–water partition coefficient (Wildman–Crippen LogP) is 1.92. The maximum Gasteiger partial charge on any atom is 0.185 e. The van der Waals surface area contributed by atoms with Crippen molar-refractivity contribution in [1.82, 2.24) is 4.90 Å². The zero-order chi connectivity index (χ0) is 10.5. The average molecular weight is 212 g/mol. The van der Waals surface area contributed by atoms with Crippen molar-refractivity contribution in [3.63, 3.8) is 0 Å². The number of aryl methyl sites for hydroxylation is 1. The van der Waals surface area contributed by atoms with Crippen LogP contribution in [-0.4, -0.2) is 23.4 Å². The molecule has 1 aromatic rings. The number of thiophene rings is 1. The summed E-state index contributed by atoms with van der Waals surface area (Å²) in [7, 11) is 1.92. The molecule has 0 saturated carbocycles. The van der Waals surface area contributed by atoms with Gasteiger partial charge in [0.1, 0.15) is 0 Å². The Balaban J connectivity index is 2.53. The van der Waals surface area contributed by atoms with Crippen LogP contribution in [0.5, 0.6) is 0 Å². The first kappa shape index (κ1) is 9.96. The SMILES string of the molecule is Cc1cc2c(s1)NC(O)N(C)C2(C)C. The van der Waals surface area contributed by atoms with Gasteiger partial charge in [-0.3, -0.25) is 4.90 Å². The summed E-state index contributed by atoms with van der Waals surface area (Å²) in [5.74, 6) is 0. The van der Waals surface area contributed by atoms with Gasteiger partial charge >= 0.3 is 0 Å². The zero-order valence-corrected chi connectivity index (χ0v) is 9.77. The molecule has 0 amide bonds. The number of aliphatic hydroxyl groups is 1. The third-order valence-electron chi connectivity index (χ3n) is 3.02. The molecule has 0 aliphatic carbocycles. The summed E-state index contributed by atoms with van der Waals surface area (Å²) in [4.78, 5) is 3.21. The standard InChI is InChI=1S/C10H16N2OS/c1-6-5-7-8(14-6)11-9(13)12(4)10(7,2)3/h5,9,11,13H,1-4H3. The van der Waals surface area contributed by atoms with Crippen molar-refractivity contribution in [2.24, 2.45) is 0 Å². The highest BCUT2D eigenvalue weighted by atomic mass is 32.1. The average Bonchev–Trinajstić information content (AvgIpc) is 2.44. The highest BCUT2D eigenvalue weighted by molar-refractivity contribution is 7.16. The van der Waals surface area contributed by atoms with Gasteiger partial charge in [-0.15, -0.1) is 11.3 Å². The van der Waals surface area contributed by atoms with Gasteiger partial charge in [0, 0.05) is 16.0 Å². The topological polar surface area (TPSA) is 35.5 Å². The Kier molecular flexibility index (Phi) is 2.10. The molecule has 1 aliphatic heterocycles. The highest BCUT2D eigenvalue weighted by Crippen LogP contribution is 2.42. The van der Waals surface area contributed by atoms with Crippen LogP contribution >= 0.6 is 11.3 Å². The van der Waals surface area contributed by atoms with Crippen molar-refractivity contribution >= 4 is 16.3 Å². The van der Waals surface area contributed by atoms with E-state index in [1.165, 1.54) is 10.4 Å². The van der Waals surface area contributed by atoms with E-state index in [9.17, 15) is 5.11 Å². The molecule has 0 saturated heterocycles. The lowest BCUT2D eigenvalue weighted by atomic mass is 9.93. The minimum atomic E-state index is -0.587. The molecule has 1 aliphatic rings. The van der Waals surface area contributed by atoms with Crippen molar-refractivity contribution in [2.45, 2.75) is 32.7 Å². The molecule has 14 heavy (non-hydrogen) atoms. The second-order valence-corrected chi connectivity index (χ2v) is 5.54. The second kappa shape index (κ2) is 2.95. The molecule has 3 nitrogen and oxygen atoms in total. The lowest BCUT2D eigenvalue weighted by Gasteiger charge is -2.43. The number of anilines is 1. The zero-order valence-electron chi connectivity index (χ0n) is 8.96. The van der Waals surface area contributed by atoms with Crippen LogP contribution < -0.4 is 5.32 Å². The van der Waals surface area contributed by atoms with Gasteiger partial charge < -0.3 is 10.4 Å². The number of aliphatic hydroxyl groups excluding tert-OH is 1. The first-order chi connectivity index (χ1) is 6.43. The normalized spacial score (nSPS) is 25.6. The Hall–Kier alpha value is -0.580. The summed E-state index contributed by atoms with van der Waals surface area (Å²) < 4.78 is 0. The van der Waals surface area contributed by atoms with E-state index >= 15 is 0 Å². The Morgan fingerprint density at radius 1 is 1.57 bits per heavy atom. The van der Waals surface area contributed by atoms with Gasteiger partial charge in [0.15, 0.2) is 6.35 Å². The molecule has 0 bridgehead atoms. The number of fused-ring (bicyclic) bond motifs is 1. The van der Waals surface area contributed by atoms with E-state index in [0.717, 1.165) is 5.00 Å².